The van der Waals surface area contributed by atoms with E-state index in [0.717, 1.165) is 5.56 Å². The Kier molecular flexibility index (Phi) is 3.95. The molecular weight excluding hydrogens is 229 g/mol. The first-order valence-electron chi connectivity index (χ1n) is 5.88. The van der Waals surface area contributed by atoms with Gasteiger partial charge in [0.15, 0.2) is 5.82 Å². The molecule has 2 aromatic carbocycles. The van der Waals surface area contributed by atoms with Gasteiger partial charge in [-0.15, -0.1) is 0 Å². The molecule has 2 rings (SSSR count). The first-order valence-corrected chi connectivity index (χ1v) is 5.88. The average Bonchev–Trinajstić information content (AvgIpc) is 2.41. The van der Waals surface area contributed by atoms with Crippen molar-refractivity contribution in [3.8, 4) is 0 Å². The van der Waals surface area contributed by atoms with Crippen molar-refractivity contribution < 1.29 is 9.13 Å². The molecule has 18 heavy (non-hydrogen) atoms. The number of ether oxygens (including phenoxy) is 1. The third-order valence-corrected chi connectivity index (χ3v) is 2.87. The molecule has 0 aromatic heterocycles. The van der Waals surface area contributed by atoms with Gasteiger partial charge in [0.2, 0.25) is 0 Å². The average molecular weight is 245 g/mol. The van der Waals surface area contributed by atoms with E-state index in [2.05, 4.69) is 0 Å². The van der Waals surface area contributed by atoms with Gasteiger partial charge in [0.25, 0.3) is 0 Å². The molecule has 0 spiro atoms. The Balaban J connectivity index is 2.02. The fourth-order valence-corrected chi connectivity index (χ4v) is 1.75. The molecule has 0 aliphatic carbocycles. The van der Waals surface area contributed by atoms with E-state index < -0.39 is 5.82 Å². The first-order chi connectivity index (χ1) is 8.68. The van der Waals surface area contributed by atoms with Crippen molar-refractivity contribution in [1.29, 1.82) is 0 Å². The van der Waals surface area contributed by atoms with Crippen molar-refractivity contribution >= 4 is 5.69 Å². The second-order valence-electron chi connectivity index (χ2n) is 4.18. The van der Waals surface area contributed by atoms with Crippen LogP contribution in [0.2, 0.25) is 0 Å². The molecule has 1 unspecified atom stereocenters. The summed E-state index contributed by atoms with van der Waals surface area (Å²) in [5.74, 6) is -0.391. The zero-order valence-corrected chi connectivity index (χ0v) is 10.3. The molecule has 0 saturated heterocycles. The third kappa shape index (κ3) is 2.87. The van der Waals surface area contributed by atoms with Crippen molar-refractivity contribution in [2.75, 3.05) is 5.73 Å². The van der Waals surface area contributed by atoms with Gasteiger partial charge < -0.3 is 10.5 Å². The normalized spacial score (nSPS) is 12.3. The lowest BCUT2D eigenvalue weighted by Crippen LogP contribution is -2.03. The molecular formula is C15H16FNO. The summed E-state index contributed by atoms with van der Waals surface area (Å²) in [6.07, 6.45) is -0.0768. The largest absolute Gasteiger partial charge is 0.396 e. The molecule has 2 aromatic rings. The van der Waals surface area contributed by atoms with Gasteiger partial charge in [-0.05, 0) is 18.6 Å². The highest BCUT2D eigenvalue weighted by atomic mass is 19.1. The van der Waals surface area contributed by atoms with Crippen LogP contribution in [0.25, 0.3) is 0 Å². The summed E-state index contributed by atoms with van der Waals surface area (Å²) in [5.41, 5.74) is 7.22. The number of anilines is 1. The van der Waals surface area contributed by atoms with Crippen LogP contribution < -0.4 is 5.73 Å². The summed E-state index contributed by atoms with van der Waals surface area (Å²) in [6, 6.07) is 14.8. The van der Waals surface area contributed by atoms with Gasteiger partial charge >= 0.3 is 0 Å². The summed E-state index contributed by atoms with van der Waals surface area (Å²) in [4.78, 5) is 0. The molecule has 0 saturated carbocycles. The number of nitrogens with two attached hydrogens (primary N) is 1. The van der Waals surface area contributed by atoms with E-state index in [9.17, 15) is 4.39 Å². The highest BCUT2D eigenvalue weighted by molar-refractivity contribution is 5.42. The molecule has 0 aliphatic rings. The Morgan fingerprint density at radius 2 is 1.83 bits per heavy atom. The zero-order chi connectivity index (χ0) is 13.0. The second kappa shape index (κ2) is 5.65. The summed E-state index contributed by atoms with van der Waals surface area (Å²) >= 11 is 0. The van der Waals surface area contributed by atoms with Crippen LogP contribution in [0, 0.1) is 5.82 Å². The minimum absolute atomic E-state index is 0.0768. The minimum Gasteiger partial charge on any atom is -0.396 e. The molecule has 1 atom stereocenters. The van der Waals surface area contributed by atoms with Crippen LogP contribution in [0.4, 0.5) is 10.1 Å². The lowest BCUT2D eigenvalue weighted by Gasteiger charge is -2.14. The number of nitrogen functional groups attached to an aromatic ring is 1. The molecule has 2 N–H and O–H groups in total. The summed E-state index contributed by atoms with van der Waals surface area (Å²) < 4.78 is 19.3. The van der Waals surface area contributed by atoms with E-state index >= 15 is 0 Å². The first kappa shape index (κ1) is 12.6. The van der Waals surface area contributed by atoms with Crippen LogP contribution >= 0.6 is 0 Å². The van der Waals surface area contributed by atoms with Gasteiger partial charge in [-0.25, -0.2) is 4.39 Å². The van der Waals surface area contributed by atoms with Gasteiger partial charge in [-0.2, -0.15) is 0 Å². The Hall–Kier alpha value is -1.87. The van der Waals surface area contributed by atoms with E-state index in [-0.39, 0.29) is 18.4 Å². The van der Waals surface area contributed by atoms with Crippen LogP contribution in [0.3, 0.4) is 0 Å². The Morgan fingerprint density at radius 1 is 1.11 bits per heavy atom. The van der Waals surface area contributed by atoms with Crippen LogP contribution in [0.1, 0.15) is 24.2 Å². The van der Waals surface area contributed by atoms with E-state index in [0.29, 0.717) is 5.56 Å². The molecule has 2 nitrogen and oxygen atoms in total. The molecule has 0 heterocycles. The molecule has 0 aliphatic heterocycles. The van der Waals surface area contributed by atoms with Gasteiger partial charge in [0, 0.05) is 5.56 Å². The summed E-state index contributed by atoms with van der Waals surface area (Å²) in [6.45, 7) is 2.16. The lowest BCUT2D eigenvalue weighted by molar-refractivity contribution is 0.0509. The quantitative estimate of drug-likeness (QED) is 0.834. The molecule has 0 fully saturated rings. The van der Waals surface area contributed by atoms with Gasteiger partial charge in [-0.3, -0.25) is 0 Å². The molecule has 94 valence electrons. The number of halogens is 1. The van der Waals surface area contributed by atoms with E-state index in [1.165, 1.54) is 0 Å². The van der Waals surface area contributed by atoms with Gasteiger partial charge in [0.1, 0.15) is 0 Å². The van der Waals surface area contributed by atoms with Crippen LogP contribution in [0.15, 0.2) is 48.5 Å². The smallest absolute Gasteiger partial charge is 0.151 e. The van der Waals surface area contributed by atoms with Gasteiger partial charge in [-0.1, -0.05) is 42.5 Å². The standard InChI is InChI=1S/C15H16FNO/c1-11(12-6-3-2-4-7-12)18-10-13-8-5-9-14(17)15(13)16/h2-9,11H,10,17H2,1H3. The molecule has 0 amide bonds. The fraction of sp³-hybridized carbons (Fsp3) is 0.200. The highest BCUT2D eigenvalue weighted by Gasteiger charge is 2.09. The van der Waals surface area contributed by atoms with Gasteiger partial charge in [0.05, 0.1) is 18.4 Å². The van der Waals surface area contributed by atoms with E-state index in [1.54, 1.807) is 18.2 Å². The molecule has 0 radical (unpaired) electrons. The van der Waals surface area contributed by atoms with Crippen molar-refractivity contribution in [3.63, 3.8) is 0 Å². The van der Waals surface area contributed by atoms with Crippen LogP contribution in [-0.4, -0.2) is 0 Å². The second-order valence-corrected chi connectivity index (χ2v) is 4.18. The van der Waals surface area contributed by atoms with Crippen molar-refractivity contribution in [1.82, 2.24) is 0 Å². The topological polar surface area (TPSA) is 35.2 Å². The predicted molar refractivity (Wildman–Crippen MR) is 70.5 cm³/mol. The Labute approximate surface area is 106 Å². The fourth-order valence-electron chi connectivity index (χ4n) is 1.75. The lowest BCUT2D eigenvalue weighted by atomic mass is 10.1. The third-order valence-electron chi connectivity index (χ3n) is 2.87. The summed E-state index contributed by atoms with van der Waals surface area (Å²) in [5, 5.41) is 0. The van der Waals surface area contributed by atoms with Crippen molar-refractivity contribution in [2.45, 2.75) is 19.6 Å². The zero-order valence-electron chi connectivity index (χ0n) is 10.3. The number of hydrogen-bond donors (Lipinski definition) is 1. The monoisotopic (exact) mass is 245 g/mol. The minimum atomic E-state index is -0.391. The Morgan fingerprint density at radius 3 is 2.56 bits per heavy atom. The summed E-state index contributed by atoms with van der Waals surface area (Å²) in [7, 11) is 0. The number of benzene rings is 2. The maximum absolute atomic E-state index is 13.6. The van der Waals surface area contributed by atoms with Crippen LogP contribution in [-0.2, 0) is 11.3 Å². The number of rotatable bonds is 4. The number of hydrogen-bond acceptors (Lipinski definition) is 2. The van der Waals surface area contributed by atoms with Crippen LogP contribution in [0.5, 0.6) is 0 Å². The molecule has 3 heteroatoms. The predicted octanol–water partition coefficient (Wildman–Crippen LogP) is 3.69. The van der Waals surface area contributed by atoms with Crippen molar-refractivity contribution in [2.24, 2.45) is 0 Å². The SMILES string of the molecule is CC(OCc1cccc(N)c1F)c1ccccc1. The van der Waals surface area contributed by atoms with Crippen molar-refractivity contribution in [3.05, 3.63) is 65.5 Å². The maximum Gasteiger partial charge on any atom is 0.151 e. The maximum atomic E-state index is 13.6. The van der Waals surface area contributed by atoms with E-state index in [1.807, 2.05) is 37.3 Å². The molecule has 0 bridgehead atoms. The Bertz CT molecular complexity index is 513. The van der Waals surface area contributed by atoms with E-state index in [4.69, 9.17) is 10.5 Å². The highest BCUT2D eigenvalue weighted by Crippen LogP contribution is 2.21.